The molecular formula is C9H9NO. The third kappa shape index (κ3) is 0.808. The molecule has 0 N–H and O–H groups in total. The first-order valence-corrected chi connectivity index (χ1v) is 3.97. The van der Waals surface area contributed by atoms with Crippen LogP contribution in [0.1, 0.15) is 19.3 Å². The average molecular weight is 147 g/mol. The summed E-state index contributed by atoms with van der Waals surface area (Å²) in [7, 11) is 0. The molecule has 2 nitrogen and oxygen atoms in total. The lowest BCUT2D eigenvalue weighted by Gasteiger charge is -2.13. The minimum Gasteiger partial charge on any atom is -0.299 e. The first-order valence-electron chi connectivity index (χ1n) is 3.97. The van der Waals surface area contributed by atoms with Gasteiger partial charge in [-0.1, -0.05) is 6.08 Å². The lowest BCUT2D eigenvalue weighted by molar-refractivity contribution is -0.123. The molecule has 0 aliphatic heterocycles. The highest BCUT2D eigenvalue weighted by atomic mass is 16.1. The Morgan fingerprint density at radius 3 is 3.09 bits per heavy atom. The van der Waals surface area contributed by atoms with Crippen LogP contribution in [0.3, 0.4) is 0 Å². The molecule has 2 atom stereocenters. The van der Waals surface area contributed by atoms with Crippen LogP contribution in [0.25, 0.3) is 0 Å². The Kier molecular flexibility index (Phi) is 1.32. The van der Waals surface area contributed by atoms with E-state index in [0.717, 1.165) is 19.3 Å². The lowest BCUT2D eigenvalue weighted by Crippen LogP contribution is -2.19. The van der Waals surface area contributed by atoms with Crippen molar-refractivity contribution in [3.63, 3.8) is 0 Å². The number of carbonyl (C=O) groups excluding carboxylic acids is 1. The van der Waals surface area contributed by atoms with Crippen LogP contribution in [0.4, 0.5) is 0 Å². The largest absolute Gasteiger partial charge is 0.299 e. The second-order valence-corrected chi connectivity index (χ2v) is 3.24. The first-order chi connectivity index (χ1) is 5.33. The number of Topliss-reactive ketones (excluding diaryl/α,β-unsaturated/α-hetero) is 1. The van der Waals surface area contributed by atoms with Gasteiger partial charge in [-0.05, 0) is 19.3 Å². The van der Waals surface area contributed by atoms with Gasteiger partial charge in [-0.25, -0.2) is 0 Å². The molecule has 1 saturated carbocycles. The van der Waals surface area contributed by atoms with Gasteiger partial charge in [0.1, 0.15) is 5.78 Å². The number of nitriles is 1. The van der Waals surface area contributed by atoms with Crippen molar-refractivity contribution in [1.82, 2.24) is 0 Å². The highest BCUT2D eigenvalue weighted by molar-refractivity contribution is 5.90. The Labute approximate surface area is 65.5 Å². The molecule has 0 unspecified atom stereocenters. The predicted molar refractivity (Wildman–Crippen MR) is 39.5 cm³/mol. The molecule has 0 amide bonds. The zero-order valence-corrected chi connectivity index (χ0v) is 6.21. The molecular weight excluding hydrogens is 138 g/mol. The number of nitrogens with zero attached hydrogens (tertiary/aromatic N) is 1. The van der Waals surface area contributed by atoms with E-state index in [-0.39, 0.29) is 11.8 Å². The summed E-state index contributed by atoms with van der Waals surface area (Å²) < 4.78 is 0. The van der Waals surface area contributed by atoms with E-state index in [2.05, 4.69) is 6.07 Å². The van der Waals surface area contributed by atoms with Gasteiger partial charge in [0, 0.05) is 11.5 Å². The second kappa shape index (κ2) is 2.20. The lowest BCUT2D eigenvalue weighted by atomic mass is 9.88. The van der Waals surface area contributed by atoms with E-state index in [0.29, 0.717) is 11.4 Å². The van der Waals surface area contributed by atoms with Crippen LogP contribution in [0.5, 0.6) is 0 Å². The molecule has 11 heavy (non-hydrogen) atoms. The average Bonchev–Trinajstić information content (AvgIpc) is 2.31. The van der Waals surface area contributed by atoms with Crippen molar-refractivity contribution < 1.29 is 4.79 Å². The molecule has 2 bridgehead atoms. The van der Waals surface area contributed by atoms with Gasteiger partial charge in [0.05, 0.1) is 12.0 Å². The van der Waals surface area contributed by atoms with E-state index in [1.165, 1.54) is 0 Å². The van der Waals surface area contributed by atoms with E-state index in [1.54, 1.807) is 0 Å². The SMILES string of the molecule is N#CC1=CC[C@H]2CC[C@@H]1C2=O. The molecule has 2 rings (SSSR count). The Morgan fingerprint density at radius 2 is 2.36 bits per heavy atom. The van der Waals surface area contributed by atoms with Crippen molar-refractivity contribution >= 4 is 5.78 Å². The number of allylic oxidation sites excluding steroid dienone is 2. The summed E-state index contributed by atoms with van der Waals surface area (Å²) in [5.41, 5.74) is 0.712. The maximum atomic E-state index is 11.4. The van der Waals surface area contributed by atoms with Crippen molar-refractivity contribution in [2.24, 2.45) is 11.8 Å². The van der Waals surface area contributed by atoms with E-state index in [4.69, 9.17) is 5.26 Å². The third-order valence-electron chi connectivity index (χ3n) is 2.68. The molecule has 1 fully saturated rings. The number of hydrogen-bond acceptors (Lipinski definition) is 2. The molecule has 2 aliphatic carbocycles. The standard InChI is InChI=1S/C9H9NO/c10-5-7-2-1-6-3-4-8(7)9(6)11/h2,6,8H,1,3-4H2/t6-,8-/m0/s1. The monoisotopic (exact) mass is 147 g/mol. The summed E-state index contributed by atoms with van der Waals surface area (Å²) in [5.74, 6) is 0.528. The third-order valence-corrected chi connectivity index (χ3v) is 2.68. The van der Waals surface area contributed by atoms with Gasteiger partial charge < -0.3 is 0 Å². The molecule has 0 radical (unpaired) electrons. The van der Waals surface area contributed by atoms with Crippen LogP contribution in [-0.2, 0) is 4.79 Å². The number of ketones is 1. The zero-order valence-electron chi connectivity index (χ0n) is 6.21. The molecule has 0 saturated heterocycles. The summed E-state index contributed by atoms with van der Waals surface area (Å²) in [5, 5.41) is 8.66. The Balaban J connectivity index is 2.36. The van der Waals surface area contributed by atoms with Crippen LogP contribution < -0.4 is 0 Å². The fourth-order valence-corrected chi connectivity index (χ4v) is 2.01. The summed E-state index contributed by atoms with van der Waals surface area (Å²) in [6.07, 6.45) is 4.63. The molecule has 0 aromatic heterocycles. The van der Waals surface area contributed by atoms with E-state index < -0.39 is 0 Å². The Bertz CT molecular complexity index is 272. The highest BCUT2D eigenvalue weighted by Crippen LogP contribution is 2.38. The van der Waals surface area contributed by atoms with Crippen molar-refractivity contribution in [2.45, 2.75) is 19.3 Å². The summed E-state index contributed by atoms with van der Waals surface area (Å²) in [6.45, 7) is 0. The Hall–Kier alpha value is -1.10. The Morgan fingerprint density at radius 1 is 1.55 bits per heavy atom. The summed E-state index contributed by atoms with van der Waals surface area (Å²) >= 11 is 0. The molecule has 0 heterocycles. The van der Waals surface area contributed by atoms with Crippen LogP contribution >= 0.6 is 0 Å². The van der Waals surface area contributed by atoms with E-state index in [9.17, 15) is 4.79 Å². The topological polar surface area (TPSA) is 40.9 Å². The smallest absolute Gasteiger partial charge is 0.144 e. The highest BCUT2D eigenvalue weighted by Gasteiger charge is 2.38. The molecule has 56 valence electrons. The number of rotatable bonds is 0. The minimum absolute atomic E-state index is 0.0289. The molecule has 2 heteroatoms. The van der Waals surface area contributed by atoms with Crippen LogP contribution in [0.2, 0.25) is 0 Å². The van der Waals surface area contributed by atoms with E-state index >= 15 is 0 Å². The number of carbonyl (C=O) groups is 1. The molecule has 0 aromatic carbocycles. The van der Waals surface area contributed by atoms with E-state index in [1.807, 2.05) is 6.08 Å². The van der Waals surface area contributed by atoms with Crippen molar-refractivity contribution in [3.8, 4) is 6.07 Å². The molecule has 0 aromatic rings. The first kappa shape index (κ1) is 6.60. The van der Waals surface area contributed by atoms with Crippen molar-refractivity contribution in [1.29, 1.82) is 5.26 Å². The maximum absolute atomic E-state index is 11.4. The summed E-state index contributed by atoms with van der Waals surface area (Å²) in [6, 6.07) is 2.10. The van der Waals surface area contributed by atoms with Gasteiger partial charge in [0.2, 0.25) is 0 Å². The quantitative estimate of drug-likeness (QED) is 0.520. The van der Waals surface area contributed by atoms with Gasteiger partial charge in [0.25, 0.3) is 0 Å². The zero-order chi connectivity index (χ0) is 7.84. The fourth-order valence-electron chi connectivity index (χ4n) is 2.01. The normalized spacial score (nSPS) is 34.8. The fraction of sp³-hybridized carbons (Fsp3) is 0.556. The van der Waals surface area contributed by atoms with Gasteiger partial charge in [-0.2, -0.15) is 5.26 Å². The predicted octanol–water partition coefficient (Wildman–Crippen LogP) is 1.44. The number of fused-ring (bicyclic) bond motifs is 2. The second-order valence-electron chi connectivity index (χ2n) is 3.24. The van der Waals surface area contributed by atoms with Crippen LogP contribution in [0.15, 0.2) is 11.6 Å². The van der Waals surface area contributed by atoms with Gasteiger partial charge in [-0.3, -0.25) is 4.79 Å². The van der Waals surface area contributed by atoms with Crippen molar-refractivity contribution in [3.05, 3.63) is 11.6 Å². The van der Waals surface area contributed by atoms with Gasteiger partial charge in [0.15, 0.2) is 0 Å². The van der Waals surface area contributed by atoms with Gasteiger partial charge >= 0.3 is 0 Å². The van der Waals surface area contributed by atoms with Crippen molar-refractivity contribution in [2.75, 3.05) is 0 Å². The number of hydrogen-bond donors (Lipinski definition) is 0. The minimum atomic E-state index is -0.0289. The van der Waals surface area contributed by atoms with Gasteiger partial charge in [-0.15, -0.1) is 0 Å². The van der Waals surface area contributed by atoms with Crippen LogP contribution in [-0.4, -0.2) is 5.78 Å². The van der Waals surface area contributed by atoms with Crippen LogP contribution in [0, 0.1) is 23.2 Å². The molecule has 0 spiro atoms. The maximum Gasteiger partial charge on any atom is 0.144 e. The molecule has 2 aliphatic rings. The summed E-state index contributed by atoms with van der Waals surface area (Å²) in [4.78, 5) is 11.4.